The molecule has 1 aromatic carbocycles. The molecule has 2 amide bonds. The van der Waals surface area contributed by atoms with Crippen LogP contribution in [0.3, 0.4) is 0 Å². The van der Waals surface area contributed by atoms with Crippen LogP contribution in [0.15, 0.2) is 48.1 Å². The summed E-state index contributed by atoms with van der Waals surface area (Å²) in [5, 5.41) is 12.0. The number of carbonyl (C=O) groups excluding carboxylic acids is 3. The molecule has 0 atom stereocenters. The van der Waals surface area contributed by atoms with Crippen molar-refractivity contribution in [2.24, 2.45) is 5.73 Å². The molecule has 11 heteroatoms. The fraction of sp³-hybridized carbons (Fsp3) is 0.227. The van der Waals surface area contributed by atoms with Crippen molar-refractivity contribution in [2.45, 2.75) is 25.5 Å². The van der Waals surface area contributed by atoms with Crippen LogP contribution < -0.4 is 11.1 Å². The van der Waals surface area contributed by atoms with E-state index in [0.717, 1.165) is 16.9 Å². The molecule has 0 saturated heterocycles. The number of nitrogens with one attached hydrogen (secondary N) is 1. The van der Waals surface area contributed by atoms with Gasteiger partial charge < -0.3 is 15.8 Å². The van der Waals surface area contributed by atoms with Gasteiger partial charge in [-0.05, 0) is 19.4 Å². The summed E-state index contributed by atoms with van der Waals surface area (Å²) in [6, 6.07) is 9.59. The van der Waals surface area contributed by atoms with E-state index in [2.05, 4.69) is 22.1 Å². The molecule has 0 aliphatic heterocycles. The highest BCUT2D eigenvalue weighted by Gasteiger charge is 2.26. The summed E-state index contributed by atoms with van der Waals surface area (Å²) in [6.07, 6.45) is 1.73. The summed E-state index contributed by atoms with van der Waals surface area (Å²) in [6.45, 7) is 7.68. The second kappa shape index (κ2) is 10.9. The van der Waals surface area contributed by atoms with Gasteiger partial charge in [-0.1, -0.05) is 48.2 Å². The molecule has 0 aliphatic rings. The first-order valence-electron chi connectivity index (χ1n) is 9.99. The van der Waals surface area contributed by atoms with Gasteiger partial charge in [0.2, 0.25) is 5.91 Å². The average Bonchev–Trinajstić information content (AvgIpc) is 3.34. The topological polar surface area (TPSA) is 129 Å². The van der Waals surface area contributed by atoms with Crippen LogP contribution in [0, 0.1) is 6.92 Å². The number of anilines is 1. The number of aromatic nitrogens is 3. The lowest BCUT2D eigenvalue weighted by Crippen LogP contribution is -2.17. The van der Waals surface area contributed by atoms with E-state index in [-0.39, 0.29) is 33.7 Å². The van der Waals surface area contributed by atoms with Crippen molar-refractivity contribution in [1.82, 2.24) is 14.8 Å². The van der Waals surface area contributed by atoms with Gasteiger partial charge in [0.05, 0.1) is 22.8 Å². The monoisotopic (exact) mass is 485 g/mol. The number of primary amides is 1. The number of hydrogen-bond acceptors (Lipinski definition) is 8. The minimum atomic E-state index is -0.677. The summed E-state index contributed by atoms with van der Waals surface area (Å²) in [7, 11) is 0. The lowest BCUT2D eigenvalue weighted by Gasteiger charge is -2.09. The second-order valence-electron chi connectivity index (χ2n) is 6.75. The van der Waals surface area contributed by atoms with E-state index in [1.165, 1.54) is 11.8 Å². The Bertz CT molecular complexity index is 1190. The van der Waals surface area contributed by atoms with Crippen molar-refractivity contribution in [2.75, 3.05) is 17.7 Å². The molecule has 0 spiro atoms. The van der Waals surface area contributed by atoms with Crippen LogP contribution in [0.1, 0.15) is 32.5 Å². The van der Waals surface area contributed by atoms with Crippen LogP contribution in [-0.2, 0) is 16.1 Å². The number of thioether (sulfide) groups is 1. The number of amides is 2. The molecular weight excluding hydrogens is 462 g/mol. The Kier molecular flexibility index (Phi) is 8.01. The number of ether oxygens (including phenoxy) is 1. The number of nitrogens with two attached hydrogens (primary N) is 1. The van der Waals surface area contributed by atoms with Crippen molar-refractivity contribution in [3.63, 3.8) is 0 Å². The first-order chi connectivity index (χ1) is 15.9. The van der Waals surface area contributed by atoms with Gasteiger partial charge in [0, 0.05) is 12.1 Å². The molecule has 0 saturated carbocycles. The van der Waals surface area contributed by atoms with Crippen molar-refractivity contribution in [3.8, 4) is 11.4 Å². The van der Waals surface area contributed by atoms with Crippen LogP contribution in [0.25, 0.3) is 11.4 Å². The minimum absolute atomic E-state index is 0.00911. The highest BCUT2D eigenvalue weighted by Crippen LogP contribution is 2.34. The summed E-state index contributed by atoms with van der Waals surface area (Å²) >= 11 is 2.15. The largest absolute Gasteiger partial charge is 0.462 e. The summed E-state index contributed by atoms with van der Waals surface area (Å²) < 4.78 is 6.93. The van der Waals surface area contributed by atoms with Crippen LogP contribution in [0.2, 0.25) is 0 Å². The van der Waals surface area contributed by atoms with Gasteiger partial charge in [-0.25, -0.2) is 4.79 Å². The Balaban J connectivity index is 1.78. The lowest BCUT2D eigenvalue weighted by atomic mass is 10.1. The molecule has 0 radical (unpaired) electrons. The standard InChI is InChI=1S/C22H23N5O4S2/c1-4-11-27-19(14-9-7-6-8-10-14)25-26-22(27)32-12-15(28)24-20-16(21(30)31-5-2)13(3)17(33-20)18(23)29/h4,6-10H,1,5,11-12H2,2-3H3,(H2,23,29)(H,24,28). The first-order valence-corrected chi connectivity index (χ1v) is 11.8. The van der Waals surface area contributed by atoms with Gasteiger partial charge in [-0.3, -0.25) is 14.2 Å². The van der Waals surface area contributed by atoms with E-state index in [1.54, 1.807) is 19.9 Å². The maximum Gasteiger partial charge on any atom is 0.341 e. The zero-order valence-electron chi connectivity index (χ0n) is 18.2. The molecule has 33 heavy (non-hydrogen) atoms. The maximum atomic E-state index is 12.7. The highest BCUT2D eigenvalue weighted by molar-refractivity contribution is 7.99. The van der Waals surface area contributed by atoms with E-state index in [1.807, 2.05) is 34.9 Å². The highest BCUT2D eigenvalue weighted by atomic mass is 32.2. The Morgan fingerprint density at radius 2 is 2.00 bits per heavy atom. The lowest BCUT2D eigenvalue weighted by molar-refractivity contribution is -0.113. The first kappa shape index (κ1) is 24.2. The number of carbonyl (C=O) groups is 3. The molecule has 3 aromatic rings. The van der Waals surface area contributed by atoms with E-state index >= 15 is 0 Å². The van der Waals surface area contributed by atoms with Crippen LogP contribution >= 0.6 is 23.1 Å². The average molecular weight is 486 g/mol. The smallest absolute Gasteiger partial charge is 0.341 e. The van der Waals surface area contributed by atoms with E-state index in [4.69, 9.17) is 10.5 Å². The van der Waals surface area contributed by atoms with E-state index in [9.17, 15) is 14.4 Å². The summed E-state index contributed by atoms with van der Waals surface area (Å²) in [5.74, 6) is -1.00. The summed E-state index contributed by atoms with van der Waals surface area (Å²) in [5.41, 5.74) is 6.82. The maximum absolute atomic E-state index is 12.7. The molecule has 0 unspecified atom stereocenters. The number of allylic oxidation sites excluding steroid dienone is 1. The van der Waals surface area contributed by atoms with E-state index < -0.39 is 11.9 Å². The Labute approximate surface area is 199 Å². The third kappa shape index (κ3) is 5.49. The van der Waals surface area contributed by atoms with Gasteiger partial charge in [0.25, 0.3) is 5.91 Å². The molecule has 0 fully saturated rings. The van der Waals surface area contributed by atoms with Crippen molar-refractivity contribution in [3.05, 3.63) is 59.0 Å². The number of thiophene rings is 1. The van der Waals surface area contributed by atoms with Gasteiger partial charge in [-0.15, -0.1) is 28.1 Å². The Morgan fingerprint density at radius 1 is 1.27 bits per heavy atom. The molecule has 0 aliphatic carbocycles. The second-order valence-corrected chi connectivity index (χ2v) is 8.72. The third-order valence-electron chi connectivity index (χ3n) is 4.50. The Morgan fingerprint density at radius 3 is 2.64 bits per heavy atom. The van der Waals surface area contributed by atoms with Crippen molar-refractivity contribution >= 4 is 45.9 Å². The number of benzene rings is 1. The number of nitrogens with zero attached hydrogens (tertiary/aromatic N) is 3. The van der Waals surface area contributed by atoms with Gasteiger partial charge in [-0.2, -0.15) is 0 Å². The van der Waals surface area contributed by atoms with Gasteiger partial charge in [0.15, 0.2) is 11.0 Å². The zero-order chi connectivity index (χ0) is 24.0. The van der Waals surface area contributed by atoms with E-state index in [0.29, 0.717) is 23.1 Å². The molecule has 2 heterocycles. The molecule has 2 aromatic heterocycles. The number of rotatable bonds is 10. The quantitative estimate of drug-likeness (QED) is 0.255. The summed E-state index contributed by atoms with van der Waals surface area (Å²) in [4.78, 5) is 37.0. The molecule has 0 bridgehead atoms. The fourth-order valence-corrected chi connectivity index (χ4v) is 4.88. The molecule has 3 N–H and O–H groups in total. The predicted octanol–water partition coefficient (Wildman–Crippen LogP) is 3.51. The van der Waals surface area contributed by atoms with Gasteiger partial charge in [0.1, 0.15) is 5.00 Å². The third-order valence-corrected chi connectivity index (χ3v) is 6.68. The molecule has 3 rings (SSSR count). The molecule has 9 nitrogen and oxygen atoms in total. The normalized spacial score (nSPS) is 10.6. The van der Waals surface area contributed by atoms with Crippen LogP contribution in [-0.4, -0.2) is 44.9 Å². The molecule has 172 valence electrons. The number of esters is 1. The molecular formula is C22H23N5O4S2. The van der Waals surface area contributed by atoms with Gasteiger partial charge >= 0.3 is 5.97 Å². The minimum Gasteiger partial charge on any atom is -0.462 e. The zero-order valence-corrected chi connectivity index (χ0v) is 19.8. The number of hydrogen-bond donors (Lipinski definition) is 2. The van der Waals surface area contributed by atoms with Crippen LogP contribution in [0.5, 0.6) is 0 Å². The SMILES string of the molecule is C=CCn1c(SCC(=O)Nc2sc(C(N)=O)c(C)c2C(=O)OCC)nnc1-c1ccccc1. The van der Waals surface area contributed by atoms with Crippen LogP contribution in [0.4, 0.5) is 5.00 Å². The van der Waals surface area contributed by atoms with Crippen molar-refractivity contribution < 1.29 is 19.1 Å². The predicted molar refractivity (Wildman–Crippen MR) is 129 cm³/mol. The fourth-order valence-electron chi connectivity index (χ4n) is 3.07. The van der Waals surface area contributed by atoms with Crippen molar-refractivity contribution in [1.29, 1.82) is 0 Å². The Hall–Kier alpha value is -3.44.